The number of sulfonamides is 1. The molecule has 0 amide bonds. The Hall–Kier alpha value is -2.19. The van der Waals surface area contributed by atoms with Gasteiger partial charge in [-0.25, -0.2) is 17.6 Å². The Labute approximate surface area is 124 Å². The van der Waals surface area contributed by atoms with Crippen LogP contribution in [-0.4, -0.2) is 24.5 Å². The van der Waals surface area contributed by atoms with Gasteiger partial charge in [-0.15, -0.1) is 0 Å². The van der Waals surface area contributed by atoms with Crippen LogP contribution < -0.4 is 4.72 Å². The topological polar surface area (TPSA) is 96.4 Å². The molecule has 0 saturated carbocycles. The summed E-state index contributed by atoms with van der Waals surface area (Å²) in [7, 11) is -4.15. The monoisotopic (exact) mass is 330 g/mol. The number of hydrogen-bond acceptors (Lipinski definition) is 4. The number of aromatic carboxylic acids is 1. The summed E-state index contributed by atoms with van der Waals surface area (Å²) >= 11 is 5.66. The Balaban J connectivity index is 2.43. The molecule has 6 nitrogen and oxygen atoms in total. The maximum Gasteiger partial charge on any atom is 0.337 e. The van der Waals surface area contributed by atoms with E-state index in [-0.39, 0.29) is 21.2 Å². The second-order valence-electron chi connectivity index (χ2n) is 3.91. The van der Waals surface area contributed by atoms with Crippen LogP contribution in [0.25, 0.3) is 0 Å². The summed E-state index contributed by atoms with van der Waals surface area (Å²) in [4.78, 5) is 14.1. The van der Waals surface area contributed by atoms with Crippen LogP contribution in [0, 0.1) is 5.82 Å². The lowest BCUT2D eigenvalue weighted by Crippen LogP contribution is -2.15. The van der Waals surface area contributed by atoms with E-state index in [0.29, 0.717) is 0 Å². The van der Waals surface area contributed by atoms with Crippen molar-refractivity contribution in [2.75, 3.05) is 4.72 Å². The van der Waals surface area contributed by atoms with Crippen molar-refractivity contribution >= 4 is 33.3 Å². The summed E-state index contributed by atoms with van der Waals surface area (Å²) in [6.07, 6.45) is 2.06. The summed E-state index contributed by atoms with van der Waals surface area (Å²) in [5.41, 5.74) is -0.661. The van der Waals surface area contributed by atoms with Gasteiger partial charge in [0, 0.05) is 6.20 Å². The SMILES string of the molecule is O=C(O)c1cc(S(=O)(=O)Nc2ccncc2F)ccc1Cl. The number of halogens is 2. The van der Waals surface area contributed by atoms with E-state index in [9.17, 15) is 17.6 Å². The third-order valence-corrected chi connectivity index (χ3v) is 4.19. The van der Waals surface area contributed by atoms with E-state index in [1.165, 1.54) is 6.20 Å². The quantitative estimate of drug-likeness (QED) is 0.897. The van der Waals surface area contributed by atoms with Crippen molar-refractivity contribution < 1.29 is 22.7 Å². The summed E-state index contributed by atoms with van der Waals surface area (Å²) in [5.74, 6) is -2.22. The fourth-order valence-corrected chi connectivity index (χ4v) is 2.79. The van der Waals surface area contributed by atoms with Crippen LogP contribution in [0.15, 0.2) is 41.6 Å². The molecule has 0 fully saturated rings. The lowest BCUT2D eigenvalue weighted by molar-refractivity contribution is 0.0697. The van der Waals surface area contributed by atoms with Crippen LogP contribution in [0.2, 0.25) is 5.02 Å². The zero-order valence-electron chi connectivity index (χ0n) is 10.2. The Kier molecular flexibility index (Phi) is 4.10. The summed E-state index contributed by atoms with van der Waals surface area (Å²) in [6, 6.07) is 4.30. The second kappa shape index (κ2) is 5.66. The van der Waals surface area contributed by atoms with Crippen molar-refractivity contribution in [1.82, 2.24) is 4.98 Å². The summed E-state index contributed by atoms with van der Waals surface area (Å²) < 4.78 is 39.6. The van der Waals surface area contributed by atoms with Crippen molar-refractivity contribution in [3.63, 3.8) is 0 Å². The average Bonchev–Trinajstić information content (AvgIpc) is 2.41. The van der Waals surface area contributed by atoms with Gasteiger partial charge in [-0.1, -0.05) is 11.6 Å². The molecule has 1 heterocycles. The van der Waals surface area contributed by atoms with E-state index in [4.69, 9.17) is 16.7 Å². The number of benzene rings is 1. The number of carbonyl (C=O) groups is 1. The van der Waals surface area contributed by atoms with Crippen molar-refractivity contribution in [2.45, 2.75) is 4.90 Å². The molecule has 0 aliphatic rings. The van der Waals surface area contributed by atoms with Crippen molar-refractivity contribution in [3.05, 3.63) is 53.1 Å². The molecule has 0 atom stereocenters. The van der Waals surface area contributed by atoms with Gasteiger partial charge in [0.15, 0.2) is 5.82 Å². The molecular weight excluding hydrogens is 323 g/mol. The van der Waals surface area contributed by atoms with Crippen molar-refractivity contribution in [2.24, 2.45) is 0 Å². The number of nitrogens with one attached hydrogen (secondary N) is 1. The van der Waals surface area contributed by atoms with Gasteiger partial charge in [0.05, 0.1) is 27.4 Å². The van der Waals surface area contributed by atoms with E-state index in [1.54, 1.807) is 0 Å². The molecule has 21 heavy (non-hydrogen) atoms. The fraction of sp³-hybridized carbons (Fsp3) is 0. The number of carboxylic acid groups (broad SMARTS) is 1. The first-order valence-electron chi connectivity index (χ1n) is 5.46. The number of carboxylic acids is 1. The molecule has 2 rings (SSSR count). The predicted octanol–water partition coefficient (Wildman–Crippen LogP) is 2.37. The predicted molar refractivity (Wildman–Crippen MR) is 73.4 cm³/mol. The fourth-order valence-electron chi connectivity index (χ4n) is 1.50. The molecule has 2 N–H and O–H groups in total. The maximum absolute atomic E-state index is 13.4. The zero-order valence-corrected chi connectivity index (χ0v) is 11.8. The Morgan fingerprint density at radius 2 is 2.05 bits per heavy atom. The van der Waals surface area contributed by atoms with Gasteiger partial charge in [-0.05, 0) is 24.3 Å². The van der Waals surface area contributed by atoms with E-state index in [0.717, 1.165) is 30.5 Å². The highest BCUT2D eigenvalue weighted by Gasteiger charge is 2.19. The molecule has 0 bridgehead atoms. The number of aromatic nitrogens is 1. The van der Waals surface area contributed by atoms with Crippen LogP contribution in [0.3, 0.4) is 0 Å². The lowest BCUT2D eigenvalue weighted by atomic mass is 10.2. The molecule has 1 aromatic heterocycles. The minimum absolute atomic E-state index is 0.100. The molecule has 0 radical (unpaired) electrons. The minimum Gasteiger partial charge on any atom is -0.478 e. The molecule has 110 valence electrons. The highest BCUT2D eigenvalue weighted by atomic mass is 35.5. The molecular formula is C12H8ClFN2O4S. The molecule has 0 aliphatic heterocycles. The van der Waals surface area contributed by atoms with Gasteiger partial charge >= 0.3 is 5.97 Å². The smallest absolute Gasteiger partial charge is 0.337 e. The molecule has 9 heteroatoms. The molecule has 0 saturated heterocycles. The highest BCUT2D eigenvalue weighted by molar-refractivity contribution is 7.92. The molecule has 0 spiro atoms. The molecule has 0 aliphatic carbocycles. The molecule has 1 aromatic carbocycles. The van der Waals surface area contributed by atoms with Crippen LogP contribution in [0.1, 0.15) is 10.4 Å². The standard InChI is InChI=1S/C12H8ClFN2O4S/c13-9-2-1-7(5-8(9)12(17)18)21(19,20)16-11-3-4-15-6-10(11)14/h1-6H,(H,15,16)(H,17,18). The van der Waals surface area contributed by atoms with Crippen molar-refractivity contribution in [3.8, 4) is 0 Å². The number of rotatable bonds is 4. The van der Waals surface area contributed by atoms with Gasteiger partial charge in [0.1, 0.15) is 0 Å². The first-order valence-corrected chi connectivity index (χ1v) is 7.32. The van der Waals surface area contributed by atoms with Gasteiger partial charge in [-0.2, -0.15) is 0 Å². The zero-order chi connectivity index (χ0) is 15.6. The number of nitrogens with zero attached hydrogens (tertiary/aromatic N) is 1. The van der Waals surface area contributed by atoms with Crippen molar-refractivity contribution in [1.29, 1.82) is 0 Å². The number of anilines is 1. The number of pyridine rings is 1. The van der Waals surface area contributed by atoms with Gasteiger partial charge in [0.25, 0.3) is 10.0 Å². The Morgan fingerprint density at radius 1 is 1.33 bits per heavy atom. The van der Waals surface area contributed by atoms with Crippen LogP contribution in [0.5, 0.6) is 0 Å². The van der Waals surface area contributed by atoms with Gasteiger partial charge in [0.2, 0.25) is 0 Å². The van der Waals surface area contributed by atoms with E-state index in [1.807, 2.05) is 4.72 Å². The van der Waals surface area contributed by atoms with Gasteiger partial charge < -0.3 is 5.11 Å². The van der Waals surface area contributed by atoms with Gasteiger partial charge in [-0.3, -0.25) is 9.71 Å². The Morgan fingerprint density at radius 3 is 2.67 bits per heavy atom. The third kappa shape index (κ3) is 3.29. The molecule has 2 aromatic rings. The number of hydrogen-bond donors (Lipinski definition) is 2. The normalized spacial score (nSPS) is 11.1. The maximum atomic E-state index is 13.4. The van der Waals surface area contributed by atoms with E-state index in [2.05, 4.69) is 4.98 Å². The first-order chi connectivity index (χ1) is 9.81. The van der Waals surface area contributed by atoms with Crippen LogP contribution >= 0.6 is 11.6 Å². The molecule has 0 unspecified atom stereocenters. The lowest BCUT2D eigenvalue weighted by Gasteiger charge is -2.09. The second-order valence-corrected chi connectivity index (χ2v) is 6.00. The van der Waals surface area contributed by atoms with Crippen LogP contribution in [-0.2, 0) is 10.0 Å². The van der Waals surface area contributed by atoms with E-state index >= 15 is 0 Å². The minimum atomic E-state index is -4.15. The first kappa shape index (κ1) is 15.2. The van der Waals surface area contributed by atoms with Crippen LogP contribution in [0.4, 0.5) is 10.1 Å². The van der Waals surface area contributed by atoms with E-state index < -0.39 is 21.8 Å². The summed E-state index contributed by atoms with van der Waals surface area (Å²) in [5, 5.41) is 8.82. The highest BCUT2D eigenvalue weighted by Crippen LogP contribution is 2.23. The average molecular weight is 331 g/mol. The Bertz CT molecular complexity index is 811. The summed E-state index contributed by atoms with van der Waals surface area (Å²) in [6.45, 7) is 0. The largest absolute Gasteiger partial charge is 0.478 e. The third-order valence-electron chi connectivity index (χ3n) is 2.50.